The molecule has 0 radical (unpaired) electrons. The monoisotopic (exact) mass is 247 g/mol. The number of hydrogen-bond acceptors (Lipinski definition) is 4. The Hall–Kier alpha value is -2.42. The van der Waals surface area contributed by atoms with E-state index in [1.54, 1.807) is 6.92 Å². The first-order valence-electron chi connectivity index (χ1n) is 5.32. The Labute approximate surface area is 103 Å². The summed E-state index contributed by atoms with van der Waals surface area (Å²) in [7, 11) is 0. The van der Waals surface area contributed by atoms with E-state index >= 15 is 0 Å². The van der Waals surface area contributed by atoms with Crippen molar-refractivity contribution in [2.75, 3.05) is 11.4 Å². The minimum Gasteiger partial charge on any atom is -0.350 e. The van der Waals surface area contributed by atoms with Crippen molar-refractivity contribution in [3.05, 3.63) is 29.6 Å². The van der Waals surface area contributed by atoms with Gasteiger partial charge in [-0.2, -0.15) is 5.26 Å². The van der Waals surface area contributed by atoms with E-state index in [1.165, 1.54) is 17.0 Å². The average Bonchev–Trinajstić information content (AvgIpc) is 2.32. The molecule has 0 bridgehead atoms. The lowest BCUT2D eigenvalue weighted by Crippen LogP contribution is -2.57. The number of anilines is 1. The van der Waals surface area contributed by atoms with E-state index in [0.29, 0.717) is 5.69 Å². The number of nitrogens with one attached hydrogen (secondary N) is 1. The van der Waals surface area contributed by atoms with Crippen LogP contribution in [0.4, 0.5) is 10.1 Å². The third-order valence-electron chi connectivity index (χ3n) is 2.77. The SMILES string of the molecule is CC1C(=O)NC(=O)CN1c1cc(F)cc(C#N)c1. The van der Waals surface area contributed by atoms with Crippen LogP contribution in [0.2, 0.25) is 0 Å². The highest BCUT2D eigenvalue weighted by atomic mass is 19.1. The molecule has 1 aromatic carbocycles. The zero-order chi connectivity index (χ0) is 13.3. The highest BCUT2D eigenvalue weighted by Crippen LogP contribution is 2.22. The summed E-state index contributed by atoms with van der Waals surface area (Å²) in [5.74, 6) is -1.45. The molecule has 5 nitrogen and oxygen atoms in total. The lowest BCUT2D eigenvalue weighted by Gasteiger charge is -2.33. The molecule has 1 N–H and O–H groups in total. The number of nitriles is 1. The zero-order valence-electron chi connectivity index (χ0n) is 9.61. The lowest BCUT2D eigenvalue weighted by atomic mass is 10.1. The largest absolute Gasteiger partial charge is 0.350 e. The van der Waals surface area contributed by atoms with Crippen molar-refractivity contribution < 1.29 is 14.0 Å². The molecule has 92 valence electrons. The van der Waals surface area contributed by atoms with Crippen molar-refractivity contribution in [2.45, 2.75) is 13.0 Å². The minimum atomic E-state index is -0.587. The van der Waals surface area contributed by atoms with Crippen LogP contribution in [-0.4, -0.2) is 24.4 Å². The molecule has 1 unspecified atom stereocenters. The molecule has 6 heteroatoms. The molecule has 1 aliphatic rings. The lowest BCUT2D eigenvalue weighted by molar-refractivity contribution is -0.132. The van der Waals surface area contributed by atoms with Crippen LogP contribution in [0.25, 0.3) is 0 Å². The Kier molecular flexibility index (Phi) is 2.98. The van der Waals surface area contributed by atoms with E-state index < -0.39 is 23.7 Å². The van der Waals surface area contributed by atoms with Crippen molar-refractivity contribution in [3.8, 4) is 6.07 Å². The maximum absolute atomic E-state index is 13.3. The summed E-state index contributed by atoms with van der Waals surface area (Å²) < 4.78 is 13.3. The van der Waals surface area contributed by atoms with Gasteiger partial charge in [0.25, 0.3) is 0 Å². The van der Waals surface area contributed by atoms with Crippen molar-refractivity contribution in [1.29, 1.82) is 5.26 Å². The van der Waals surface area contributed by atoms with Crippen LogP contribution in [0.15, 0.2) is 18.2 Å². The predicted molar refractivity (Wildman–Crippen MR) is 61.1 cm³/mol. The Morgan fingerprint density at radius 1 is 1.44 bits per heavy atom. The number of amides is 2. The number of imide groups is 1. The van der Waals surface area contributed by atoms with Crippen LogP contribution in [0, 0.1) is 17.1 Å². The fourth-order valence-electron chi connectivity index (χ4n) is 1.83. The quantitative estimate of drug-likeness (QED) is 0.735. The van der Waals surface area contributed by atoms with Crippen molar-refractivity contribution in [1.82, 2.24) is 5.32 Å². The van der Waals surface area contributed by atoms with Gasteiger partial charge in [-0.3, -0.25) is 14.9 Å². The topological polar surface area (TPSA) is 73.2 Å². The molecule has 0 saturated carbocycles. The van der Waals surface area contributed by atoms with Crippen LogP contribution < -0.4 is 10.2 Å². The number of carbonyl (C=O) groups excluding carboxylic acids is 2. The minimum absolute atomic E-state index is 0.0404. The zero-order valence-corrected chi connectivity index (χ0v) is 9.61. The van der Waals surface area contributed by atoms with Crippen LogP contribution in [0.5, 0.6) is 0 Å². The third kappa shape index (κ3) is 2.15. The van der Waals surface area contributed by atoms with E-state index in [0.717, 1.165) is 6.07 Å². The van der Waals surface area contributed by atoms with Crippen LogP contribution in [0.3, 0.4) is 0 Å². The van der Waals surface area contributed by atoms with Crippen molar-refractivity contribution in [2.24, 2.45) is 0 Å². The molecule has 1 aromatic rings. The first kappa shape index (κ1) is 12.0. The van der Waals surface area contributed by atoms with Crippen LogP contribution in [0.1, 0.15) is 12.5 Å². The summed E-state index contributed by atoms with van der Waals surface area (Å²) in [6.45, 7) is 1.57. The molecular formula is C12H10FN3O2. The van der Waals surface area contributed by atoms with E-state index in [-0.39, 0.29) is 12.1 Å². The van der Waals surface area contributed by atoms with Gasteiger partial charge < -0.3 is 4.90 Å². The van der Waals surface area contributed by atoms with Crippen LogP contribution in [-0.2, 0) is 9.59 Å². The number of carbonyl (C=O) groups is 2. The fourth-order valence-corrected chi connectivity index (χ4v) is 1.83. The second-order valence-electron chi connectivity index (χ2n) is 4.03. The molecule has 1 atom stereocenters. The number of rotatable bonds is 1. The Morgan fingerprint density at radius 3 is 2.83 bits per heavy atom. The average molecular weight is 247 g/mol. The van der Waals surface area contributed by atoms with Gasteiger partial charge in [0.2, 0.25) is 11.8 Å². The smallest absolute Gasteiger partial charge is 0.249 e. The van der Waals surface area contributed by atoms with E-state index in [9.17, 15) is 14.0 Å². The van der Waals surface area contributed by atoms with Crippen molar-refractivity contribution in [3.63, 3.8) is 0 Å². The van der Waals surface area contributed by atoms with E-state index in [2.05, 4.69) is 5.32 Å². The summed E-state index contributed by atoms with van der Waals surface area (Å²) in [5, 5.41) is 11.0. The molecule has 18 heavy (non-hydrogen) atoms. The number of hydrogen-bond donors (Lipinski definition) is 1. The molecular weight excluding hydrogens is 237 g/mol. The predicted octanol–water partition coefficient (Wildman–Crippen LogP) is 0.549. The molecule has 1 heterocycles. The summed E-state index contributed by atoms with van der Waals surface area (Å²) in [4.78, 5) is 24.3. The van der Waals surface area contributed by atoms with Gasteiger partial charge in [0.1, 0.15) is 11.9 Å². The molecule has 1 aliphatic heterocycles. The van der Waals surface area contributed by atoms with Gasteiger partial charge in [0.05, 0.1) is 18.2 Å². The highest BCUT2D eigenvalue weighted by molar-refractivity contribution is 6.04. The van der Waals surface area contributed by atoms with Crippen LogP contribution >= 0.6 is 0 Å². The van der Waals surface area contributed by atoms with Gasteiger partial charge in [-0.25, -0.2) is 4.39 Å². The molecule has 1 saturated heterocycles. The van der Waals surface area contributed by atoms with Gasteiger partial charge >= 0.3 is 0 Å². The maximum atomic E-state index is 13.3. The second-order valence-corrected chi connectivity index (χ2v) is 4.03. The third-order valence-corrected chi connectivity index (χ3v) is 2.77. The summed E-state index contributed by atoms with van der Waals surface area (Å²) in [5.41, 5.74) is 0.498. The first-order valence-corrected chi connectivity index (χ1v) is 5.32. The molecule has 0 spiro atoms. The maximum Gasteiger partial charge on any atom is 0.249 e. The fraction of sp³-hybridized carbons (Fsp3) is 0.250. The van der Waals surface area contributed by atoms with Gasteiger partial charge in [-0.1, -0.05) is 0 Å². The Morgan fingerprint density at radius 2 is 2.17 bits per heavy atom. The second kappa shape index (κ2) is 4.45. The van der Waals surface area contributed by atoms with Gasteiger partial charge in [-0.05, 0) is 25.1 Å². The summed E-state index contributed by atoms with van der Waals surface area (Å²) in [6, 6.07) is 4.99. The summed E-state index contributed by atoms with van der Waals surface area (Å²) in [6.07, 6.45) is 0. The van der Waals surface area contributed by atoms with Gasteiger partial charge in [0, 0.05) is 5.69 Å². The van der Waals surface area contributed by atoms with E-state index in [4.69, 9.17) is 5.26 Å². The number of halogens is 1. The number of piperazine rings is 1. The molecule has 0 aliphatic carbocycles. The van der Waals surface area contributed by atoms with Gasteiger partial charge in [-0.15, -0.1) is 0 Å². The highest BCUT2D eigenvalue weighted by Gasteiger charge is 2.30. The number of benzene rings is 1. The standard InChI is InChI=1S/C12H10FN3O2/c1-7-12(18)15-11(17)6-16(7)10-3-8(5-14)2-9(13)4-10/h2-4,7H,6H2,1H3,(H,15,17,18). The van der Waals surface area contributed by atoms with Gasteiger partial charge in [0.15, 0.2) is 0 Å². The molecule has 2 rings (SSSR count). The normalized spacial score (nSPS) is 19.4. The molecule has 1 fully saturated rings. The Balaban J connectivity index is 2.41. The summed E-state index contributed by atoms with van der Waals surface area (Å²) >= 11 is 0. The number of nitrogens with zero attached hydrogens (tertiary/aromatic N) is 2. The van der Waals surface area contributed by atoms with E-state index in [1.807, 2.05) is 6.07 Å². The molecule has 0 aromatic heterocycles. The van der Waals surface area contributed by atoms with Crippen molar-refractivity contribution >= 4 is 17.5 Å². The first-order chi connectivity index (χ1) is 8.51. The Bertz CT molecular complexity index is 565. The molecule has 2 amide bonds.